The molecule has 0 saturated carbocycles. The van der Waals surface area contributed by atoms with Crippen molar-refractivity contribution in [1.29, 1.82) is 0 Å². The predicted octanol–water partition coefficient (Wildman–Crippen LogP) is 3.50. The quantitative estimate of drug-likeness (QED) is 0.486. The Balaban J connectivity index is 1.60. The van der Waals surface area contributed by atoms with Crippen molar-refractivity contribution in [3.63, 3.8) is 0 Å². The van der Waals surface area contributed by atoms with Crippen molar-refractivity contribution in [3.05, 3.63) is 66.2 Å². The number of rotatable bonds is 6. The summed E-state index contributed by atoms with van der Waals surface area (Å²) >= 11 is 1.19. The maximum atomic E-state index is 13.4. The monoisotopic (exact) mass is 410 g/mol. The summed E-state index contributed by atoms with van der Waals surface area (Å²) in [6.45, 7) is 1.66. The first-order chi connectivity index (χ1) is 14.1. The molecule has 29 heavy (non-hydrogen) atoms. The van der Waals surface area contributed by atoms with E-state index in [0.29, 0.717) is 22.5 Å². The SMILES string of the molecule is Cc1noc(NC(=O)CSc2nnc(-c3ccccc3)n2-c2ccc(F)cc2)n1. The van der Waals surface area contributed by atoms with Crippen LogP contribution in [0, 0.1) is 12.7 Å². The molecular weight excluding hydrogens is 395 g/mol. The van der Waals surface area contributed by atoms with E-state index >= 15 is 0 Å². The van der Waals surface area contributed by atoms with Crippen molar-refractivity contribution in [2.24, 2.45) is 0 Å². The number of hydrogen-bond donors (Lipinski definition) is 1. The molecule has 0 aliphatic heterocycles. The van der Waals surface area contributed by atoms with E-state index in [2.05, 4.69) is 25.7 Å². The van der Waals surface area contributed by atoms with Crippen LogP contribution in [0.1, 0.15) is 5.82 Å². The van der Waals surface area contributed by atoms with E-state index in [0.717, 1.165) is 5.56 Å². The molecule has 1 amide bonds. The van der Waals surface area contributed by atoms with Gasteiger partial charge in [0.1, 0.15) is 5.82 Å². The number of amides is 1. The van der Waals surface area contributed by atoms with E-state index in [9.17, 15) is 9.18 Å². The Labute approximate surface area is 169 Å². The van der Waals surface area contributed by atoms with Gasteiger partial charge in [0.05, 0.1) is 5.75 Å². The number of anilines is 1. The second-order valence-corrected chi connectivity index (χ2v) is 6.91. The average Bonchev–Trinajstić information content (AvgIpc) is 3.34. The van der Waals surface area contributed by atoms with Gasteiger partial charge in [0, 0.05) is 11.3 Å². The van der Waals surface area contributed by atoms with Crippen LogP contribution in [0.25, 0.3) is 17.1 Å². The zero-order valence-corrected chi connectivity index (χ0v) is 16.1. The Morgan fingerprint density at radius 1 is 1.14 bits per heavy atom. The first kappa shape index (κ1) is 18.8. The number of aromatic nitrogens is 5. The number of nitrogens with zero attached hydrogens (tertiary/aromatic N) is 5. The van der Waals surface area contributed by atoms with Crippen LogP contribution < -0.4 is 5.32 Å². The van der Waals surface area contributed by atoms with Gasteiger partial charge in [0.15, 0.2) is 16.8 Å². The Morgan fingerprint density at radius 2 is 1.90 bits per heavy atom. The molecule has 0 saturated heterocycles. The number of halogens is 1. The van der Waals surface area contributed by atoms with Gasteiger partial charge in [0.2, 0.25) is 5.91 Å². The molecule has 4 rings (SSSR count). The fourth-order valence-corrected chi connectivity index (χ4v) is 3.35. The maximum absolute atomic E-state index is 13.4. The van der Waals surface area contributed by atoms with Crippen LogP contribution in [0.3, 0.4) is 0 Å². The van der Waals surface area contributed by atoms with Crippen molar-refractivity contribution in [1.82, 2.24) is 24.9 Å². The highest BCUT2D eigenvalue weighted by molar-refractivity contribution is 7.99. The Hall–Kier alpha value is -3.53. The zero-order valence-electron chi connectivity index (χ0n) is 15.2. The molecule has 0 aliphatic rings. The molecule has 0 radical (unpaired) electrons. The molecule has 0 spiro atoms. The highest BCUT2D eigenvalue weighted by Crippen LogP contribution is 2.28. The second kappa shape index (κ2) is 8.23. The van der Waals surface area contributed by atoms with Crippen LogP contribution in [-0.2, 0) is 4.79 Å². The van der Waals surface area contributed by atoms with E-state index in [1.54, 1.807) is 23.6 Å². The second-order valence-electron chi connectivity index (χ2n) is 5.97. The van der Waals surface area contributed by atoms with Gasteiger partial charge in [-0.1, -0.05) is 47.3 Å². The third kappa shape index (κ3) is 4.32. The molecule has 0 atom stereocenters. The van der Waals surface area contributed by atoms with E-state index in [-0.39, 0.29) is 23.5 Å². The number of nitrogens with one attached hydrogen (secondary N) is 1. The van der Waals surface area contributed by atoms with Crippen LogP contribution in [0.5, 0.6) is 0 Å². The number of benzene rings is 2. The smallest absolute Gasteiger partial charge is 0.315 e. The summed E-state index contributed by atoms with van der Waals surface area (Å²) in [7, 11) is 0. The van der Waals surface area contributed by atoms with Crippen LogP contribution in [0.4, 0.5) is 10.4 Å². The van der Waals surface area contributed by atoms with Gasteiger partial charge in [-0.05, 0) is 31.2 Å². The Kier molecular flexibility index (Phi) is 5.34. The molecule has 1 N–H and O–H groups in total. The van der Waals surface area contributed by atoms with Crippen molar-refractivity contribution in [3.8, 4) is 17.1 Å². The predicted molar refractivity (Wildman–Crippen MR) is 105 cm³/mol. The van der Waals surface area contributed by atoms with Gasteiger partial charge in [-0.15, -0.1) is 10.2 Å². The highest BCUT2D eigenvalue weighted by atomic mass is 32.2. The number of aryl methyl sites for hydroxylation is 1. The molecule has 2 aromatic carbocycles. The molecular formula is C19H15FN6O2S. The molecule has 8 nitrogen and oxygen atoms in total. The van der Waals surface area contributed by atoms with Gasteiger partial charge in [-0.25, -0.2) is 4.39 Å². The lowest BCUT2D eigenvalue weighted by molar-refractivity contribution is -0.114. The minimum Gasteiger partial charge on any atom is -0.315 e. The van der Waals surface area contributed by atoms with E-state index in [1.165, 1.54) is 23.9 Å². The third-order valence-corrected chi connectivity index (χ3v) is 4.79. The zero-order chi connectivity index (χ0) is 20.2. The number of thioether (sulfide) groups is 1. The van der Waals surface area contributed by atoms with Crippen molar-refractivity contribution < 1.29 is 13.7 Å². The lowest BCUT2D eigenvalue weighted by Gasteiger charge is -2.10. The largest absolute Gasteiger partial charge is 0.328 e. The average molecular weight is 410 g/mol. The van der Waals surface area contributed by atoms with Gasteiger partial charge >= 0.3 is 6.01 Å². The minimum absolute atomic E-state index is 0.0399. The van der Waals surface area contributed by atoms with Gasteiger partial charge < -0.3 is 4.52 Å². The summed E-state index contributed by atoms with van der Waals surface area (Å²) in [5.74, 6) is 0.402. The summed E-state index contributed by atoms with van der Waals surface area (Å²) in [4.78, 5) is 16.1. The third-order valence-electron chi connectivity index (χ3n) is 3.86. The normalized spacial score (nSPS) is 10.8. The van der Waals surface area contributed by atoms with Crippen molar-refractivity contribution in [2.45, 2.75) is 12.1 Å². The topological polar surface area (TPSA) is 98.7 Å². The molecule has 0 fully saturated rings. The Bertz CT molecular complexity index is 1130. The Morgan fingerprint density at radius 3 is 2.59 bits per heavy atom. The summed E-state index contributed by atoms with van der Waals surface area (Å²) in [6.07, 6.45) is 0. The molecule has 0 unspecified atom stereocenters. The van der Waals surface area contributed by atoms with Gasteiger partial charge in [-0.3, -0.25) is 14.7 Å². The van der Waals surface area contributed by atoms with Crippen molar-refractivity contribution >= 4 is 23.7 Å². The number of hydrogen-bond acceptors (Lipinski definition) is 7. The first-order valence-corrected chi connectivity index (χ1v) is 9.58. The standard InChI is InChI=1S/C19H15FN6O2S/c1-12-21-18(28-25-12)22-16(27)11-29-19-24-23-17(13-5-3-2-4-6-13)26(19)15-9-7-14(20)8-10-15/h2-10H,11H2,1H3,(H,21,22,25,27). The summed E-state index contributed by atoms with van der Waals surface area (Å²) in [6, 6.07) is 15.5. The van der Waals surface area contributed by atoms with E-state index in [1.807, 2.05) is 30.3 Å². The van der Waals surface area contributed by atoms with Crippen LogP contribution >= 0.6 is 11.8 Å². The molecule has 0 bridgehead atoms. The summed E-state index contributed by atoms with van der Waals surface area (Å²) in [5.41, 5.74) is 1.53. The fourth-order valence-electron chi connectivity index (χ4n) is 2.59. The lowest BCUT2D eigenvalue weighted by atomic mass is 10.2. The maximum Gasteiger partial charge on any atom is 0.328 e. The van der Waals surface area contributed by atoms with Crippen molar-refractivity contribution in [2.75, 3.05) is 11.1 Å². The van der Waals surface area contributed by atoms with Gasteiger partial charge in [0.25, 0.3) is 0 Å². The summed E-state index contributed by atoms with van der Waals surface area (Å²) in [5, 5.41) is 15.1. The fraction of sp³-hybridized carbons (Fsp3) is 0.105. The van der Waals surface area contributed by atoms with Crippen LogP contribution in [-0.4, -0.2) is 36.6 Å². The molecule has 4 aromatic rings. The number of carbonyl (C=O) groups is 1. The van der Waals surface area contributed by atoms with Crippen LogP contribution in [0.15, 0.2) is 64.3 Å². The molecule has 2 heterocycles. The highest BCUT2D eigenvalue weighted by Gasteiger charge is 2.18. The molecule has 146 valence electrons. The van der Waals surface area contributed by atoms with Gasteiger partial charge in [-0.2, -0.15) is 4.98 Å². The first-order valence-electron chi connectivity index (χ1n) is 8.60. The van der Waals surface area contributed by atoms with E-state index < -0.39 is 0 Å². The van der Waals surface area contributed by atoms with Crippen LogP contribution in [0.2, 0.25) is 0 Å². The molecule has 2 aromatic heterocycles. The minimum atomic E-state index is -0.341. The lowest BCUT2D eigenvalue weighted by Crippen LogP contribution is -2.14. The molecule has 10 heteroatoms. The summed E-state index contributed by atoms with van der Waals surface area (Å²) < 4.78 is 20.1. The number of carbonyl (C=O) groups excluding carboxylic acids is 1. The molecule has 0 aliphatic carbocycles. The van der Waals surface area contributed by atoms with E-state index in [4.69, 9.17) is 4.52 Å².